The van der Waals surface area contributed by atoms with Gasteiger partial charge in [0.05, 0.1) is 6.61 Å². The molecule has 2 aliphatic rings. The van der Waals surface area contributed by atoms with Gasteiger partial charge >= 0.3 is 0 Å². The third kappa shape index (κ3) is 3.54. The molecule has 7 nitrogen and oxygen atoms in total. The highest BCUT2D eigenvalue weighted by Crippen LogP contribution is 2.34. The fourth-order valence-electron chi connectivity index (χ4n) is 2.25. The van der Waals surface area contributed by atoms with Crippen molar-refractivity contribution < 1.29 is 14.2 Å². The van der Waals surface area contributed by atoms with E-state index in [0.29, 0.717) is 42.5 Å². The number of rotatable bonds is 7. The van der Waals surface area contributed by atoms with Crippen LogP contribution < -0.4 is 15.8 Å². The minimum atomic E-state index is -0.0601. The van der Waals surface area contributed by atoms with Gasteiger partial charge in [-0.15, -0.1) is 0 Å². The molecule has 0 spiro atoms. The number of hydrogen-bond donors (Lipinski definition) is 2. The molecule has 7 heteroatoms. The van der Waals surface area contributed by atoms with E-state index in [1.165, 1.54) is 0 Å². The van der Waals surface area contributed by atoms with Crippen LogP contribution in [0.2, 0.25) is 0 Å². The zero-order chi connectivity index (χ0) is 14.7. The molecule has 1 aromatic rings. The smallest absolute Gasteiger partial charge is 0.243 e. The Morgan fingerprint density at radius 2 is 2.14 bits per heavy atom. The lowest BCUT2D eigenvalue weighted by atomic mass is 10.2. The van der Waals surface area contributed by atoms with E-state index in [9.17, 15) is 0 Å². The third-order valence-corrected chi connectivity index (χ3v) is 3.59. The van der Waals surface area contributed by atoms with Crippen molar-refractivity contribution in [2.24, 2.45) is 0 Å². The molecule has 116 valence electrons. The van der Waals surface area contributed by atoms with Crippen LogP contribution in [0, 0.1) is 0 Å². The van der Waals surface area contributed by atoms with Gasteiger partial charge in [-0.25, -0.2) is 4.98 Å². The summed E-state index contributed by atoms with van der Waals surface area (Å²) >= 11 is 0. The van der Waals surface area contributed by atoms with Crippen LogP contribution in [0.1, 0.15) is 37.6 Å². The highest BCUT2D eigenvalue weighted by atomic mass is 16.5. The van der Waals surface area contributed by atoms with E-state index >= 15 is 0 Å². The average Bonchev–Trinajstić information content (AvgIpc) is 3.13. The Morgan fingerprint density at radius 3 is 2.81 bits per heavy atom. The van der Waals surface area contributed by atoms with Gasteiger partial charge < -0.3 is 25.3 Å². The lowest BCUT2D eigenvalue weighted by molar-refractivity contribution is 0.103. The summed E-state index contributed by atoms with van der Waals surface area (Å²) in [6.45, 7) is 1.65. The number of methoxy groups -OCH3 is 1. The van der Waals surface area contributed by atoms with E-state index in [1.54, 1.807) is 7.11 Å². The molecule has 1 aliphatic carbocycles. The first-order valence-corrected chi connectivity index (χ1v) is 7.45. The van der Waals surface area contributed by atoms with Crippen LogP contribution in [0.4, 0.5) is 11.5 Å². The molecule has 0 bridgehead atoms. The zero-order valence-corrected chi connectivity index (χ0v) is 12.3. The predicted molar refractivity (Wildman–Crippen MR) is 78.4 cm³/mol. The lowest BCUT2D eigenvalue weighted by Gasteiger charge is -2.16. The number of anilines is 2. The van der Waals surface area contributed by atoms with Crippen molar-refractivity contribution in [1.29, 1.82) is 0 Å². The van der Waals surface area contributed by atoms with Gasteiger partial charge in [0.15, 0.2) is 11.6 Å². The Kier molecular flexibility index (Phi) is 4.40. The maximum atomic E-state index is 6.12. The van der Waals surface area contributed by atoms with Crippen LogP contribution in [-0.4, -0.2) is 42.9 Å². The van der Waals surface area contributed by atoms with Gasteiger partial charge in [-0.05, 0) is 25.7 Å². The molecule has 1 saturated heterocycles. The molecule has 1 saturated carbocycles. The summed E-state index contributed by atoms with van der Waals surface area (Å²) in [5, 5.41) is 3.34. The maximum absolute atomic E-state index is 6.12. The van der Waals surface area contributed by atoms with Crippen molar-refractivity contribution in [3.8, 4) is 5.88 Å². The van der Waals surface area contributed by atoms with Crippen molar-refractivity contribution in [2.75, 3.05) is 38.0 Å². The minimum absolute atomic E-state index is 0.0601. The summed E-state index contributed by atoms with van der Waals surface area (Å²) in [6.07, 6.45) is 4.21. The van der Waals surface area contributed by atoms with Gasteiger partial charge in [0, 0.05) is 19.8 Å². The molecule has 0 amide bonds. The zero-order valence-electron chi connectivity index (χ0n) is 12.3. The second-order valence-electron chi connectivity index (χ2n) is 5.41. The highest BCUT2D eigenvalue weighted by molar-refractivity contribution is 5.67. The number of aromatic nitrogens is 2. The third-order valence-electron chi connectivity index (χ3n) is 3.59. The van der Waals surface area contributed by atoms with Gasteiger partial charge in [0.1, 0.15) is 18.4 Å². The molecular weight excluding hydrogens is 272 g/mol. The number of hydrogen-bond acceptors (Lipinski definition) is 7. The van der Waals surface area contributed by atoms with Crippen LogP contribution in [0.25, 0.3) is 0 Å². The van der Waals surface area contributed by atoms with Gasteiger partial charge in [0.25, 0.3) is 0 Å². The van der Waals surface area contributed by atoms with Crippen LogP contribution in [0.5, 0.6) is 5.88 Å². The molecule has 3 N–H and O–H groups in total. The van der Waals surface area contributed by atoms with E-state index < -0.39 is 0 Å². The van der Waals surface area contributed by atoms with Gasteiger partial charge in [-0.2, -0.15) is 4.98 Å². The first-order valence-electron chi connectivity index (χ1n) is 7.45. The van der Waals surface area contributed by atoms with E-state index in [4.69, 9.17) is 19.9 Å². The van der Waals surface area contributed by atoms with Crippen LogP contribution in [0.15, 0.2) is 0 Å². The molecule has 1 aliphatic heterocycles. The molecule has 3 rings (SSSR count). The minimum Gasteiger partial charge on any atom is -0.474 e. The van der Waals surface area contributed by atoms with E-state index in [2.05, 4.69) is 15.3 Å². The molecule has 0 radical (unpaired) electrons. The molecule has 21 heavy (non-hydrogen) atoms. The molecule has 1 aromatic heterocycles. The van der Waals surface area contributed by atoms with Gasteiger partial charge in [-0.3, -0.25) is 0 Å². The number of ether oxygens (including phenoxy) is 3. The normalized spacial score (nSPS) is 21.5. The Labute approximate surface area is 124 Å². The molecule has 1 atom stereocenters. The monoisotopic (exact) mass is 294 g/mol. The lowest BCUT2D eigenvalue weighted by Crippen LogP contribution is -2.15. The van der Waals surface area contributed by atoms with Crippen LogP contribution in [-0.2, 0) is 9.47 Å². The molecule has 2 heterocycles. The van der Waals surface area contributed by atoms with Crippen LogP contribution in [0.3, 0.4) is 0 Å². The molecule has 1 unspecified atom stereocenters. The largest absolute Gasteiger partial charge is 0.474 e. The molecular formula is C14H22N4O3. The second kappa shape index (κ2) is 6.44. The van der Waals surface area contributed by atoms with Crippen molar-refractivity contribution >= 4 is 11.5 Å². The van der Waals surface area contributed by atoms with Crippen molar-refractivity contribution in [3.63, 3.8) is 0 Å². The number of nitrogen functional groups attached to an aromatic ring is 1. The maximum Gasteiger partial charge on any atom is 0.243 e. The molecule has 0 aromatic carbocycles. The SMILES string of the molecule is COCCOc1nc(C2CCCO2)nc(NC2CC2)c1N. The molecule has 2 fully saturated rings. The first kappa shape index (κ1) is 14.3. The average molecular weight is 294 g/mol. The van der Waals surface area contributed by atoms with Crippen molar-refractivity contribution in [1.82, 2.24) is 9.97 Å². The Bertz CT molecular complexity index is 487. The van der Waals surface area contributed by atoms with E-state index in [-0.39, 0.29) is 6.10 Å². The topological polar surface area (TPSA) is 91.5 Å². The number of nitrogens with one attached hydrogen (secondary N) is 1. The summed E-state index contributed by atoms with van der Waals surface area (Å²) < 4.78 is 16.3. The Hall–Kier alpha value is -1.60. The van der Waals surface area contributed by atoms with E-state index in [0.717, 1.165) is 32.3 Å². The number of nitrogens with zero attached hydrogens (tertiary/aromatic N) is 2. The first-order chi connectivity index (χ1) is 10.3. The summed E-state index contributed by atoms with van der Waals surface area (Å²) in [4.78, 5) is 8.98. The quantitative estimate of drug-likeness (QED) is 0.736. The standard InChI is InChI=1S/C14H22N4O3/c1-19-7-8-21-14-11(15)13(16-9-4-5-9)17-12(18-14)10-3-2-6-20-10/h9-10H,2-8,15H2,1H3,(H,16,17,18). The fraction of sp³-hybridized carbons (Fsp3) is 0.714. The van der Waals surface area contributed by atoms with E-state index in [1.807, 2.05) is 0 Å². The summed E-state index contributed by atoms with van der Waals surface area (Å²) in [5.41, 5.74) is 6.57. The summed E-state index contributed by atoms with van der Waals surface area (Å²) in [6, 6.07) is 0.464. The van der Waals surface area contributed by atoms with Crippen molar-refractivity contribution in [2.45, 2.75) is 37.8 Å². The van der Waals surface area contributed by atoms with Crippen LogP contribution >= 0.6 is 0 Å². The fourth-order valence-corrected chi connectivity index (χ4v) is 2.25. The number of nitrogens with two attached hydrogens (primary N) is 1. The summed E-state index contributed by atoms with van der Waals surface area (Å²) in [5.74, 6) is 1.72. The van der Waals surface area contributed by atoms with Gasteiger partial charge in [0.2, 0.25) is 5.88 Å². The predicted octanol–water partition coefficient (Wildman–Crippen LogP) is 1.51. The van der Waals surface area contributed by atoms with Crippen molar-refractivity contribution in [3.05, 3.63) is 5.82 Å². The van der Waals surface area contributed by atoms with Gasteiger partial charge in [-0.1, -0.05) is 0 Å². The highest BCUT2D eigenvalue weighted by Gasteiger charge is 2.27. The Balaban J connectivity index is 1.82. The second-order valence-corrected chi connectivity index (χ2v) is 5.41. The summed E-state index contributed by atoms with van der Waals surface area (Å²) in [7, 11) is 1.63. The Morgan fingerprint density at radius 1 is 1.29 bits per heavy atom.